The molecule has 3 atom stereocenters. The zero-order valence-electron chi connectivity index (χ0n) is 15.2. The van der Waals surface area contributed by atoms with Crippen molar-refractivity contribution in [3.8, 4) is 0 Å². The largest absolute Gasteiger partial charge is 0.481 e. The van der Waals surface area contributed by atoms with Crippen molar-refractivity contribution in [2.24, 2.45) is 11.8 Å². The summed E-state index contributed by atoms with van der Waals surface area (Å²) in [6.45, 7) is 0.673. The van der Waals surface area contributed by atoms with E-state index in [1.165, 1.54) is 11.3 Å². The fraction of sp³-hybridized carbons (Fsp3) is 0.429. The molecule has 1 saturated heterocycles. The maximum atomic E-state index is 13.3. The fourth-order valence-corrected chi connectivity index (χ4v) is 5.62. The van der Waals surface area contributed by atoms with Gasteiger partial charge < -0.3 is 10.0 Å². The van der Waals surface area contributed by atoms with Crippen LogP contribution in [-0.4, -0.2) is 28.4 Å². The quantitative estimate of drug-likeness (QED) is 0.638. The molecule has 1 unspecified atom stereocenters. The number of carbonyl (C=O) groups excluding carboxylic acids is 1. The molecule has 2 aromatic rings. The zero-order valence-corrected chi connectivity index (χ0v) is 17.5. The highest BCUT2D eigenvalue weighted by Crippen LogP contribution is 2.49. The smallest absolute Gasteiger partial charge is 0.304 e. The molecule has 0 spiro atoms. The van der Waals surface area contributed by atoms with Crippen molar-refractivity contribution in [2.45, 2.75) is 37.6 Å². The van der Waals surface area contributed by atoms with E-state index in [0.29, 0.717) is 28.2 Å². The molecule has 1 aliphatic carbocycles. The SMILES string of the molecule is O=C(O)C[C@@H]1CC(c2cccc(Cl)c2)[C@@H](c2ccc(Cl)s2)N(CC2CC2)C1=O. The second-order valence-corrected chi connectivity index (χ2v) is 9.90. The average molecular weight is 438 g/mol. The van der Waals surface area contributed by atoms with Gasteiger partial charge in [0.25, 0.3) is 0 Å². The molecule has 1 aliphatic heterocycles. The first-order valence-electron chi connectivity index (χ1n) is 9.45. The Kier molecular flexibility index (Phi) is 5.68. The van der Waals surface area contributed by atoms with Crippen LogP contribution >= 0.6 is 34.5 Å². The van der Waals surface area contributed by atoms with Gasteiger partial charge in [0.2, 0.25) is 5.91 Å². The topological polar surface area (TPSA) is 57.6 Å². The monoisotopic (exact) mass is 437 g/mol. The van der Waals surface area contributed by atoms with Crippen LogP contribution in [-0.2, 0) is 9.59 Å². The molecule has 1 amide bonds. The molecule has 7 heteroatoms. The van der Waals surface area contributed by atoms with Crippen LogP contribution in [0.5, 0.6) is 0 Å². The van der Waals surface area contributed by atoms with Gasteiger partial charge in [0.1, 0.15) is 0 Å². The molecule has 28 heavy (non-hydrogen) atoms. The molecule has 4 nitrogen and oxygen atoms in total. The van der Waals surface area contributed by atoms with Crippen molar-refractivity contribution >= 4 is 46.4 Å². The van der Waals surface area contributed by atoms with Gasteiger partial charge in [-0.3, -0.25) is 9.59 Å². The summed E-state index contributed by atoms with van der Waals surface area (Å²) in [5, 5.41) is 9.98. The predicted octanol–water partition coefficient (Wildman–Crippen LogP) is 5.61. The van der Waals surface area contributed by atoms with Crippen LogP contribution < -0.4 is 0 Å². The van der Waals surface area contributed by atoms with Crippen molar-refractivity contribution in [3.63, 3.8) is 0 Å². The lowest BCUT2D eigenvalue weighted by molar-refractivity contribution is -0.150. The number of hydrogen-bond donors (Lipinski definition) is 1. The molecule has 1 N–H and O–H groups in total. The Morgan fingerprint density at radius 2 is 2.00 bits per heavy atom. The Morgan fingerprint density at radius 1 is 1.21 bits per heavy atom. The van der Waals surface area contributed by atoms with E-state index in [4.69, 9.17) is 23.2 Å². The molecule has 0 radical (unpaired) electrons. The summed E-state index contributed by atoms with van der Waals surface area (Å²) in [5.41, 5.74) is 1.03. The van der Waals surface area contributed by atoms with E-state index in [1.54, 1.807) is 0 Å². The van der Waals surface area contributed by atoms with Crippen molar-refractivity contribution in [3.05, 3.63) is 56.2 Å². The summed E-state index contributed by atoms with van der Waals surface area (Å²) in [6, 6.07) is 11.4. The molecule has 0 bridgehead atoms. The number of carboxylic acid groups (broad SMARTS) is 1. The molecule has 1 aromatic carbocycles. The number of thiophene rings is 1. The van der Waals surface area contributed by atoms with E-state index >= 15 is 0 Å². The second-order valence-electron chi connectivity index (χ2n) is 7.71. The van der Waals surface area contributed by atoms with Crippen LogP contribution in [0, 0.1) is 11.8 Å². The van der Waals surface area contributed by atoms with Crippen LogP contribution in [0.15, 0.2) is 36.4 Å². The Hall–Kier alpha value is -1.56. The predicted molar refractivity (Wildman–Crippen MR) is 111 cm³/mol. The minimum absolute atomic E-state index is 0.0192. The number of nitrogens with zero attached hydrogens (tertiary/aromatic N) is 1. The van der Waals surface area contributed by atoms with Gasteiger partial charge in [0, 0.05) is 28.3 Å². The number of carbonyl (C=O) groups is 2. The lowest BCUT2D eigenvalue weighted by Crippen LogP contribution is -2.48. The first-order chi connectivity index (χ1) is 13.4. The van der Waals surface area contributed by atoms with Gasteiger partial charge in [-0.2, -0.15) is 0 Å². The number of benzene rings is 1. The second kappa shape index (κ2) is 8.05. The van der Waals surface area contributed by atoms with E-state index in [-0.39, 0.29) is 24.3 Å². The average Bonchev–Trinajstić information content (AvgIpc) is 3.36. The molecule has 1 saturated carbocycles. The summed E-state index contributed by atoms with van der Waals surface area (Å²) in [7, 11) is 0. The lowest BCUT2D eigenvalue weighted by atomic mass is 9.76. The Balaban J connectivity index is 1.77. The minimum atomic E-state index is -0.938. The summed E-state index contributed by atoms with van der Waals surface area (Å²) in [4.78, 5) is 27.6. The Bertz CT molecular complexity index is 895. The first kappa shape index (κ1) is 19.7. The Morgan fingerprint density at radius 3 is 2.61 bits per heavy atom. The fourth-order valence-electron chi connectivity index (χ4n) is 4.18. The third-order valence-corrected chi connectivity index (χ3v) is 7.16. The van der Waals surface area contributed by atoms with E-state index in [0.717, 1.165) is 23.3 Å². The molecular formula is C21H21Cl2NO3S. The van der Waals surface area contributed by atoms with Gasteiger partial charge in [0.15, 0.2) is 0 Å². The summed E-state index contributed by atoms with van der Waals surface area (Å²) >= 11 is 14.0. The molecule has 148 valence electrons. The molecular weight excluding hydrogens is 417 g/mol. The number of carboxylic acids is 1. The highest BCUT2D eigenvalue weighted by molar-refractivity contribution is 7.16. The van der Waals surface area contributed by atoms with Gasteiger partial charge in [-0.15, -0.1) is 11.3 Å². The number of halogens is 2. The van der Waals surface area contributed by atoms with Crippen molar-refractivity contribution in [1.82, 2.24) is 4.90 Å². The number of rotatable bonds is 6. The molecule has 2 heterocycles. The molecule has 1 aromatic heterocycles. The number of amides is 1. The van der Waals surface area contributed by atoms with E-state index in [2.05, 4.69) is 0 Å². The van der Waals surface area contributed by atoms with Crippen LogP contribution in [0.2, 0.25) is 9.36 Å². The molecule has 4 rings (SSSR count). The zero-order chi connectivity index (χ0) is 19.8. The lowest BCUT2D eigenvalue weighted by Gasteiger charge is -2.44. The third kappa shape index (κ3) is 4.22. The van der Waals surface area contributed by atoms with Crippen molar-refractivity contribution < 1.29 is 14.7 Å². The van der Waals surface area contributed by atoms with Crippen molar-refractivity contribution in [1.29, 1.82) is 0 Å². The normalized spacial score (nSPS) is 25.1. The van der Waals surface area contributed by atoms with E-state index < -0.39 is 11.9 Å². The van der Waals surface area contributed by atoms with Crippen molar-refractivity contribution in [2.75, 3.05) is 6.54 Å². The van der Waals surface area contributed by atoms with Gasteiger partial charge in [-0.25, -0.2) is 0 Å². The maximum Gasteiger partial charge on any atom is 0.304 e. The third-order valence-electron chi connectivity index (χ3n) is 5.62. The van der Waals surface area contributed by atoms with Crippen LogP contribution in [0.1, 0.15) is 48.1 Å². The number of likely N-dealkylation sites (tertiary alicyclic amines) is 1. The maximum absolute atomic E-state index is 13.3. The highest BCUT2D eigenvalue weighted by Gasteiger charge is 2.45. The minimum Gasteiger partial charge on any atom is -0.481 e. The highest BCUT2D eigenvalue weighted by atomic mass is 35.5. The molecule has 2 aliphatic rings. The van der Waals surface area contributed by atoms with E-state index in [9.17, 15) is 14.7 Å². The number of hydrogen-bond acceptors (Lipinski definition) is 3. The van der Waals surface area contributed by atoms with E-state index in [1.807, 2.05) is 41.3 Å². The van der Waals surface area contributed by atoms with Crippen LogP contribution in [0.3, 0.4) is 0 Å². The number of aliphatic carboxylic acids is 1. The van der Waals surface area contributed by atoms with Gasteiger partial charge in [0.05, 0.1) is 16.8 Å². The van der Waals surface area contributed by atoms with Crippen LogP contribution in [0.4, 0.5) is 0 Å². The molecule has 2 fully saturated rings. The summed E-state index contributed by atoms with van der Waals surface area (Å²) in [6.07, 6.45) is 2.59. The van der Waals surface area contributed by atoms with Gasteiger partial charge >= 0.3 is 5.97 Å². The standard InChI is InChI=1S/C21H21Cl2NO3S/c22-15-3-1-2-13(8-15)16-9-14(10-19(25)26)21(27)24(11-12-4-5-12)20(16)17-6-7-18(23)28-17/h1-3,6-8,12,14,16,20H,4-5,9-11H2,(H,25,26)/t14-,16?,20-/m0/s1. The first-order valence-corrected chi connectivity index (χ1v) is 11.0. The van der Waals surface area contributed by atoms with Gasteiger partial charge in [-0.1, -0.05) is 35.3 Å². The van der Waals surface area contributed by atoms with Crippen LogP contribution in [0.25, 0.3) is 0 Å². The number of piperidine rings is 1. The summed E-state index contributed by atoms with van der Waals surface area (Å²) < 4.78 is 0.686. The Labute approximate surface area is 178 Å². The summed E-state index contributed by atoms with van der Waals surface area (Å²) in [5.74, 6) is -1.03. The van der Waals surface area contributed by atoms with Gasteiger partial charge in [-0.05, 0) is 55.0 Å².